The first-order valence-electron chi connectivity index (χ1n) is 2.39. The summed E-state index contributed by atoms with van der Waals surface area (Å²) in [6.45, 7) is 0. The molecule has 1 nitrogen and oxygen atoms in total. The highest BCUT2D eigenvalue weighted by Gasteiger charge is 2.05. The van der Waals surface area contributed by atoms with Gasteiger partial charge in [-0.3, -0.25) is 0 Å². The topological polar surface area (TPSA) is 3.24 Å². The second-order valence-electron chi connectivity index (χ2n) is 1.74. The van der Waals surface area contributed by atoms with E-state index in [4.69, 9.17) is 7.98 Å². The highest BCUT2D eigenvalue weighted by atomic mass is 29.7. The van der Waals surface area contributed by atoms with E-state index in [9.17, 15) is 0 Å². The Bertz CT molecular complexity index is 40.8. The van der Waals surface area contributed by atoms with Crippen LogP contribution in [0.5, 0.6) is 0 Å². The quantitative estimate of drug-likeness (QED) is 0.311. The van der Waals surface area contributed by atoms with Gasteiger partial charge in [-0.05, 0) is 0 Å². The third-order valence-electron chi connectivity index (χ3n) is 1.14. The first kappa shape index (κ1) is 5.04. The molecule has 1 rings (SSSR count). The average Bonchev–Trinajstić information content (AvgIpc) is 1.86. The molecule has 0 amide bonds. The van der Waals surface area contributed by atoms with E-state index < -0.39 is 0 Å². The normalized spacial score (nSPS) is 41.3. The van der Waals surface area contributed by atoms with Crippen LogP contribution in [-0.2, 0) is 0 Å². The van der Waals surface area contributed by atoms with Crippen LogP contribution in [0.25, 0.3) is 0 Å². The van der Waals surface area contributed by atoms with Gasteiger partial charge in [0.1, 0.15) is 0 Å². The molecule has 0 aromatic rings. The van der Waals surface area contributed by atoms with Crippen molar-refractivity contribution in [3.63, 3.8) is 0 Å². The van der Waals surface area contributed by atoms with Crippen molar-refractivity contribution in [2.75, 3.05) is 0 Å². The highest BCUT2D eigenvalue weighted by Crippen LogP contribution is 1.75. The van der Waals surface area contributed by atoms with Gasteiger partial charge in [-0.2, -0.15) is 0 Å². The number of nitrogens with zero attached hydrogens (tertiary/aromatic N) is 1. The van der Waals surface area contributed by atoms with Gasteiger partial charge in [0.15, 0.2) is 7.98 Å². The maximum Gasteiger partial charge on any atom is 0.163 e. The second-order valence-corrected chi connectivity index (χ2v) is 26.2. The summed E-state index contributed by atoms with van der Waals surface area (Å²) < 4.78 is 2.26. The molecular weight excluding hydrogens is 137 g/mol. The summed E-state index contributed by atoms with van der Waals surface area (Å²) in [6.07, 6.45) is 0. The Kier molecular flexibility index (Phi) is 1.90. The van der Waals surface area contributed by atoms with Gasteiger partial charge in [0.2, 0.25) is 0 Å². The van der Waals surface area contributed by atoms with Gasteiger partial charge in [-0.25, -0.2) is 0 Å². The highest BCUT2D eigenvalue weighted by molar-refractivity contribution is 7.50. The maximum atomic E-state index is 5.56. The van der Waals surface area contributed by atoms with Crippen LogP contribution in [-0.4, -0.2) is 47.6 Å². The van der Waals surface area contributed by atoms with E-state index in [1.54, 1.807) is 0 Å². The number of rotatable bonds is 0. The predicted octanol–water partition coefficient (Wildman–Crippen LogP) is -4.36. The van der Waals surface area contributed by atoms with Crippen LogP contribution in [0.1, 0.15) is 0 Å². The molecule has 0 atom stereocenters. The molecule has 0 N–H and O–H groups in total. The van der Waals surface area contributed by atoms with Gasteiger partial charge >= 0.3 is 0 Å². The van der Waals surface area contributed by atoms with E-state index in [0.717, 1.165) is 0 Å². The smallest absolute Gasteiger partial charge is 0.163 e. The first-order chi connectivity index (χ1) is 2.89. The summed E-state index contributed by atoms with van der Waals surface area (Å²) in [4.78, 5) is 0. The van der Waals surface area contributed by atoms with Crippen molar-refractivity contribution in [2.24, 2.45) is 0 Å². The summed E-state index contributed by atoms with van der Waals surface area (Å²) in [5.74, 6) is 0. The summed E-state index contributed by atoms with van der Waals surface area (Å²) in [6, 6.07) is 0. The molecule has 6 heavy (non-hydrogen) atoms. The van der Waals surface area contributed by atoms with Crippen LogP contribution >= 0.6 is 0 Å². The van der Waals surface area contributed by atoms with E-state index in [2.05, 4.69) is 4.14 Å². The lowest BCUT2D eigenvalue weighted by molar-refractivity contribution is 1.17. The van der Waals surface area contributed by atoms with Gasteiger partial charge in [-0.1, -0.05) is 0 Å². The van der Waals surface area contributed by atoms with Gasteiger partial charge < -0.3 is 4.14 Å². The molecule has 0 bridgehead atoms. The molecule has 6 heteroatoms. The molecule has 0 unspecified atom stereocenters. The van der Waals surface area contributed by atoms with Crippen LogP contribution < -0.4 is 0 Å². The van der Waals surface area contributed by atoms with Crippen molar-refractivity contribution in [1.29, 1.82) is 0 Å². The van der Waals surface area contributed by atoms with Crippen molar-refractivity contribution in [3.8, 4) is 0 Å². The summed E-state index contributed by atoms with van der Waals surface area (Å²) in [5.41, 5.74) is 0. The largest absolute Gasteiger partial charge is 0.412 e. The first-order valence-corrected chi connectivity index (χ1v) is 15.7. The third-order valence-corrected chi connectivity index (χ3v) is 39.7. The second kappa shape index (κ2) is 2.26. The molecule has 1 fully saturated rings. The molecule has 0 spiro atoms. The molecule has 1 aliphatic heterocycles. The molecule has 32 valence electrons. The van der Waals surface area contributed by atoms with Crippen molar-refractivity contribution < 1.29 is 0 Å². The maximum absolute atomic E-state index is 5.56. The van der Waals surface area contributed by atoms with Crippen molar-refractivity contribution in [1.82, 2.24) is 4.14 Å². The minimum absolute atomic E-state index is 0.341. The van der Waals surface area contributed by atoms with Gasteiger partial charge in [-0.15, -0.1) is 0 Å². The SMILES string of the molecule is [B]N1[SiH2][SiH2][SiH2][SiH2]1. The van der Waals surface area contributed by atoms with Crippen LogP contribution in [0.3, 0.4) is 0 Å². The Morgan fingerprint density at radius 1 is 1.17 bits per heavy atom. The fraction of sp³-hybridized carbons (Fsp3) is 0. The minimum atomic E-state index is 0.341. The fourth-order valence-electron chi connectivity index (χ4n) is 0.742. The zero-order valence-electron chi connectivity index (χ0n) is 3.85. The van der Waals surface area contributed by atoms with Gasteiger partial charge in [0.25, 0.3) is 0 Å². The molecule has 1 saturated heterocycles. The van der Waals surface area contributed by atoms with Gasteiger partial charge in [0, 0.05) is 17.1 Å². The fourth-order valence-corrected chi connectivity index (χ4v) is 50.2. The number of hydrogen-bond acceptors (Lipinski definition) is 1. The van der Waals surface area contributed by atoms with Crippen molar-refractivity contribution in [2.45, 2.75) is 0 Å². The third kappa shape index (κ3) is 1.19. The molecule has 0 aliphatic carbocycles. The van der Waals surface area contributed by atoms with E-state index in [1.165, 1.54) is 0 Å². The minimum Gasteiger partial charge on any atom is -0.412 e. The molecule has 0 saturated carbocycles. The molecule has 2 radical (unpaired) electrons. The Morgan fingerprint density at radius 3 is 1.83 bits per heavy atom. The zero-order chi connectivity index (χ0) is 4.41. The van der Waals surface area contributed by atoms with Crippen LogP contribution in [0.4, 0.5) is 0 Å². The lowest BCUT2D eigenvalue weighted by Gasteiger charge is -2.02. The Labute approximate surface area is 48.1 Å². The molecular formula is H8BNSi4. The zero-order valence-corrected chi connectivity index (χ0v) is 9.51. The van der Waals surface area contributed by atoms with E-state index >= 15 is 0 Å². The molecule has 1 aliphatic rings. The molecule has 1 heterocycles. The molecule has 0 aromatic heterocycles. The lowest BCUT2D eigenvalue weighted by Crippen LogP contribution is -2.21. The van der Waals surface area contributed by atoms with Crippen molar-refractivity contribution in [3.05, 3.63) is 0 Å². The van der Waals surface area contributed by atoms with Crippen LogP contribution in [0.15, 0.2) is 0 Å². The number of hydrogen-bond donors (Lipinski definition) is 0. The lowest BCUT2D eigenvalue weighted by atomic mass is 10.5. The Balaban J connectivity index is 2.18. The molecule has 0 aromatic carbocycles. The summed E-state index contributed by atoms with van der Waals surface area (Å²) in [5, 5.41) is 0. The van der Waals surface area contributed by atoms with Crippen molar-refractivity contribution >= 4 is 43.5 Å². The van der Waals surface area contributed by atoms with E-state index in [1.807, 2.05) is 0 Å². The Hall–Kier alpha value is 0.892. The average molecular weight is 145 g/mol. The van der Waals surface area contributed by atoms with Crippen LogP contribution in [0.2, 0.25) is 0 Å². The predicted molar refractivity (Wildman–Crippen MR) is 41.8 cm³/mol. The summed E-state index contributed by atoms with van der Waals surface area (Å²) in [7, 11) is 7.52. The summed E-state index contributed by atoms with van der Waals surface area (Å²) >= 11 is 0. The van der Waals surface area contributed by atoms with Gasteiger partial charge in [0.05, 0.1) is 18.4 Å². The standard InChI is InChI=1S/BH8NSi4/c1-2-3-5-6-4-2/h3-6H2. The van der Waals surface area contributed by atoms with E-state index in [0.29, 0.717) is 35.5 Å². The monoisotopic (exact) mass is 145 g/mol. The van der Waals surface area contributed by atoms with Crippen LogP contribution in [0, 0.1) is 0 Å². The van der Waals surface area contributed by atoms with E-state index in [-0.39, 0.29) is 0 Å². The Morgan fingerprint density at radius 2 is 1.67 bits per heavy atom.